The summed E-state index contributed by atoms with van der Waals surface area (Å²) in [5, 5.41) is 11.8. The molecule has 0 amide bonds. The molecule has 15 aromatic carbocycles. The molecule has 0 radical (unpaired) electrons. The van der Waals surface area contributed by atoms with Gasteiger partial charge >= 0.3 is 0 Å². The van der Waals surface area contributed by atoms with Crippen LogP contribution in [0.25, 0.3) is 194 Å². The first-order valence-electron chi connectivity index (χ1n) is 34.4. The van der Waals surface area contributed by atoms with E-state index in [1.165, 1.54) is 54.1 Å². The van der Waals surface area contributed by atoms with Gasteiger partial charge in [-0.05, 0) is 150 Å². The van der Waals surface area contributed by atoms with Gasteiger partial charge in [-0.3, -0.25) is 0 Å². The molecule has 0 saturated heterocycles. The van der Waals surface area contributed by atoms with E-state index >= 15 is 0 Å². The molecule has 8 heteroatoms. The van der Waals surface area contributed by atoms with Crippen molar-refractivity contribution in [2.45, 2.75) is 0 Å². The number of fused-ring (bicyclic) bond motifs is 15. The minimum atomic E-state index is 0.556. The summed E-state index contributed by atoms with van der Waals surface area (Å²) < 4.78 is 12.1. The van der Waals surface area contributed by atoms with E-state index in [1.54, 1.807) is 0 Å². The quantitative estimate of drug-likeness (QED) is 0.137. The lowest BCUT2D eigenvalue weighted by Crippen LogP contribution is -2.05. The Morgan fingerprint density at radius 3 is 1.09 bits per heavy atom. The molecule has 0 N–H and O–H groups in total. The Morgan fingerprint density at radius 1 is 0.168 bits per heavy atom. The van der Waals surface area contributed by atoms with E-state index in [1.807, 2.05) is 18.2 Å². The van der Waals surface area contributed by atoms with Crippen LogP contribution in [0.2, 0.25) is 0 Å². The zero-order chi connectivity index (χ0) is 66.2. The monoisotopic (exact) mass is 1290 g/mol. The maximum atomic E-state index is 5.57. The number of hydrogen-bond acceptors (Lipinski definition) is 3. The van der Waals surface area contributed by atoms with Crippen molar-refractivity contribution < 1.29 is 0 Å². The lowest BCUT2D eigenvalue weighted by atomic mass is 9.97. The molecule has 0 saturated carbocycles. The zero-order valence-corrected chi connectivity index (χ0v) is 54.6. The van der Waals surface area contributed by atoms with Gasteiger partial charge in [-0.2, -0.15) is 0 Å². The number of hydrogen-bond donors (Lipinski definition) is 0. The van der Waals surface area contributed by atoms with Gasteiger partial charge in [0.1, 0.15) is 0 Å². The standard InChI is InChI=1S/C93H58N8/c1-4-24-59(25-5-1)91-94-92(63-26-22-31-67(54-63)99-78-39-16-10-32-69(78)70-33-11-17-40-79(70)99)96-93(95-91)64-49-53-86(100-81-42-19-12-34-71(81)72-35-13-20-43-82(72)100)89(58-64)101-85-52-48-61(60-47-51-84-76(55-60)73-36-14-18-41-80(73)97(84)65-27-6-2-7-28-65)56-77(85)74-50-46-62(57-88(74)101)68-38-23-45-87-90(68)75-37-15-21-44-83(75)98(87)66-29-8-3-9-30-66/h1-58H. The van der Waals surface area contributed by atoms with Gasteiger partial charge in [0.05, 0.1) is 66.5 Å². The van der Waals surface area contributed by atoms with E-state index < -0.39 is 0 Å². The molecule has 0 fully saturated rings. The third kappa shape index (κ3) is 8.78. The molecule has 6 aromatic heterocycles. The highest BCUT2D eigenvalue weighted by atomic mass is 15.1. The van der Waals surface area contributed by atoms with E-state index in [0.717, 1.165) is 122 Å². The van der Waals surface area contributed by atoms with Gasteiger partial charge in [0.2, 0.25) is 0 Å². The lowest BCUT2D eigenvalue weighted by molar-refractivity contribution is 1.06. The second-order valence-corrected chi connectivity index (χ2v) is 26.3. The molecular formula is C93H58N8. The Bertz CT molecular complexity index is 6840. The molecule has 0 spiro atoms. The van der Waals surface area contributed by atoms with Crippen molar-refractivity contribution in [2.24, 2.45) is 0 Å². The molecule has 0 unspecified atom stereocenters. The number of aromatic nitrogens is 8. The maximum Gasteiger partial charge on any atom is 0.164 e. The first kappa shape index (κ1) is 56.5. The van der Waals surface area contributed by atoms with Crippen molar-refractivity contribution in [3.8, 4) is 84.9 Å². The molecule has 0 aliphatic carbocycles. The first-order chi connectivity index (χ1) is 50.1. The minimum absolute atomic E-state index is 0.556. The molecule has 470 valence electrons. The molecule has 0 bridgehead atoms. The fraction of sp³-hybridized carbons (Fsp3) is 0. The van der Waals surface area contributed by atoms with Gasteiger partial charge in [0.25, 0.3) is 0 Å². The second-order valence-electron chi connectivity index (χ2n) is 26.3. The van der Waals surface area contributed by atoms with Crippen molar-refractivity contribution in [3.63, 3.8) is 0 Å². The van der Waals surface area contributed by atoms with Gasteiger partial charge < -0.3 is 22.8 Å². The number of benzene rings is 15. The average molecular weight is 1290 g/mol. The predicted molar refractivity (Wildman–Crippen MR) is 419 cm³/mol. The van der Waals surface area contributed by atoms with Crippen LogP contribution in [0.3, 0.4) is 0 Å². The largest absolute Gasteiger partial charge is 0.309 e. The van der Waals surface area contributed by atoms with E-state index in [9.17, 15) is 0 Å². The summed E-state index contributed by atoms with van der Waals surface area (Å²) in [4.78, 5) is 16.4. The van der Waals surface area contributed by atoms with Crippen molar-refractivity contribution in [2.75, 3.05) is 0 Å². The predicted octanol–water partition coefficient (Wildman–Crippen LogP) is 23.7. The molecule has 21 rings (SSSR count). The van der Waals surface area contributed by atoms with Crippen LogP contribution in [-0.2, 0) is 0 Å². The fourth-order valence-corrected chi connectivity index (χ4v) is 16.3. The van der Waals surface area contributed by atoms with Crippen LogP contribution in [0.4, 0.5) is 0 Å². The van der Waals surface area contributed by atoms with Crippen LogP contribution in [0, 0.1) is 0 Å². The SMILES string of the molecule is c1ccc(-c2nc(-c3cccc(-n4c5ccccc5c5ccccc54)c3)nc(-c3ccc(-n4c5ccccc5c5ccccc54)c(-n4c5ccc(-c6ccc7c(c6)c6ccccc6n7-c6ccccc6)cc5c5ccc(-c6cccc7c6c6ccccc6n7-c6ccccc6)cc54)c3)n2)cc1. The molecule has 101 heavy (non-hydrogen) atoms. The van der Waals surface area contributed by atoms with Crippen molar-refractivity contribution in [1.29, 1.82) is 0 Å². The van der Waals surface area contributed by atoms with Gasteiger partial charge in [-0.1, -0.05) is 224 Å². The highest BCUT2D eigenvalue weighted by molar-refractivity contribution is 6.19. The summed E-state index contributed by atoms with van der Waals surface area (Å²) in [5.74, 6) is 1.71. The van der Waals surface area contributed by atoms with Crippen LogP contribution in [0.5, 0.6) is 0 Å². The van der Waals surface area contributed by atoms with Crippen LogP contribution in [-0.4, -0.2) is 37.8 Å². The number of rotatable bonds is 10. The molecule has 0 aliphatic rings. The van der Waals surface area contributed by atoms with Gasteiger partial charge in [-0.15, -0.1) is 0 Å². The van der Waals surface area contributed by atoms with Crippen molar-refractivity contribution >= 4 is 109 Å². The number of nitrogens with zero attached hydrogens (tertiary/aromatic N) is 8. The highest BCUT2D eigenvalue weighted by Gasteiger charge is 2.25. The molecule has 0 atom stereocenters. The summed E-state index contributed by atoms with van der Waals surface area (Å²) >= 11 is 0. The summed E-state index contributed by atoms with van der Waals surface area (Å²) in [7, 11) is 0. The molecule has 6 heterocycles. The molecular weight excluding hydrogens is 1230 g/mol. The second kappa shape index (κ2) is 22.4. The van der Waals surface area contributed by atoms with Crippen LogP contribution >= 0.6 is 0 Å². The van der Waals surface area contributed by atoms with Crippen molar-refractivity contribution in [3.05, 3.63) is 352 Å². The average Bonchev–Trinajstić information content (AvgIpc) is 1.58. The van der Waals surface area contributed by atoms with E-state index in [0.29, 0.717) is 17.5 Å². The summed E-state index contributed by atoms with van der Waals surface area (Å²) in [6.07, 6.45) is 0. The zero-order valence-electron chi connectivity index (χ0n) is 54.6. The third-order valence-electron chi connectivity index (χ3n) is 20.7. The Morgan fingerprint density at radius 2 is 0.525 bits per heavy atom. The van der Waals surface area contributed by atoms with E-state index in [4.69, 9.17) is 15.0 Å². The van der Waals surface area contributed by atoms with Gasteiger partial charge in [0.15, 0.2) is 17.5 Å². The molecule has 21 aromatic rings. The fourth-order valence-electron chi connectivity index (χ4n) is 16.3. The summed E-state index contributed by atoms with van der Waals surface area (Å²) in [6.45, 7) is 0. The van der Waals surface area contributed by atoms with Crippen LogP contribution < -0.4 is 0 Å². The van der Waals surface area contributed by atoms with Crippen molar-refractivity contribution in [1.82, 2.24) is 37.8 Å². The first-order valence-corrected chi connectivity index (χ1v) is 34.4. The third-order valence-corrected chi connectivity index (χ3v) is 20.7. The molecule has 8 nitrogen and oxygen atoms in total. The Kier molecular flexibility index (Phi) is 12.5. The number of para-hydroxylation sites is 8. The minimum Gasteiger partial charge on any atom is -0.309 e. The van der Waals surface area contributed by atoms with Gasteiger partial charge in [0, 0.05) is 87.6 Å². The van der Waals surface area contributed by atoms with Crippen LogP contribution in [0.15, 0.2) is 352 Å². The van der Waals surface area contributed by atoms with Crippen LogP contribution in [0.1, 0.15) is 0 Å². The Hall–Kier alpha value is -13.7. The topological polar surface area (TPSA) is 63.3 Å². The lowest BCUT2D eigenvalue weighted by Gasteiger charge is -2.19. The van der Waals surface area contributed by atoms with Gasteiger partial charge in [-0.25, -0.2) is 15.0 Å². The smallest absolute Gasteiger partial charge is 0.164 e. The molecule has 0 aliphatic heterocycles. The Labute approximate surface area is 580 Å². The van der Waals surface area contributed by atoms with E-state index in [2.05, 4.69) is 356 Å². The summed E-state index contributed by atoms with van der Waals surface area (Å²) in [5.41, 5.74) is 23.6. The Balaban J connectivity index is 0.830. The van der Waals surface area contributed by atoms with E-state index in [-0.39, 0.29) is 0 Å². The highest BCUT2D eigenvalue weighted by Crippen LogP contribution is 2.46. The summed E-state index contributed by atoms with van der Waals surface area (Å²) in [6, 6.07) is 128. The maximum absolute atomic E-state index is 5.57. The normalized spacial score (nSPS) is 12.0.